The lowest BCUT2D eigenvalue weighted by Crippen LogP contribution is -2.30. The molecule has 8 nitrogen and oxygen atoms in total. The van der Waals surface area contributed by atoms with E-state index in [0.717, 1.165) is 0 Å². The molecule has 2 amide bonds. The van der Waals surface area contributed by atoms with Gasteiger partial charge in [0.2, 0.25) is 0 Å². The van der Waals surface area contributed by atoms with Crippen LogP contribution in [0.1, 0.15) is 24.2 Å². The second-order valence-corrected chi connectivity index (χ2v) is 6.29. The summed E-state index contributed by atoms with van der Waals surface area (Å²) >= 11 is 6.06. The van der Waals surface area contributed by atoms with E-state index in [1.165, 1.54) is 30.3 Å². The van der Waals surface area contributed by atoms with Crippen LogP contribution >= 0.6 is 11.6 Å². The number of para-hydroxylation sites is 2. The van der Waals surface area contributed by atoms with E-state index in [1.54, 1.807) is 12.1 Å². The highest BCUT2D eigenvalue weighted by atomic mass is 35.5. The number of rotatable bonds is 7. The zero-order valence-corrected chi connectivity index (χ0v) is 15.4. The third-order valence-electron chi connectivity index (χ3n) is 3.34. The van der Waals surface area contributed by atoms with Crippen molar-refractivity contribution >= 4 is 34.8 Å². The van der Waals surface area contributed by atoms with E-state index in [4.69, 9.17) is 16.3 Å². The zero-order valence-electron chi connectivity index (χ0n) is 14.7. The van der Waals surface area contributed by atoms with Crippen molar-refractivity contribution < 1.29 is 19.2 Å². The third kappa shape index (κ3) is 5.68. The van der Waals surface area contributed by atoms with Gasteiger partial charge in [0.25, 0.3) is 11.8 Å². The van der Waals surface area contributed by atoms with Gasteiger partial charge in [0, 0.05) is 17.7 Å². The molecule has 9 heteroatoms. The van der Waals surface area contributed by atoms with E-state index in [9.17, 15) is 19.7 Å². The molecule has 2 N–H and O–H groups in total. The Balaban J connectivity index is 2.05. The number of benzene rings is 2. The molecule has 0 bridgehead atoms. The van der Waals surface area contributed by atoms with Gasteiger partial charge in [0.1, 0.15) is 0 Å². The summed E-state index contributed by atoms with van der Waals surface area (Å²) in [6, 6.07) is 10.2. The Bertz CT molecular complexity index is 870. The Kier molecular flexibility index (Phi) is 6.73. The average molecular weight is 392 g/mol. The number of hydrogen-bond acceptors (Lipinski definition) is 5. The predicted molar refractivity (Wildman–Crippen MR) is 101 cm³/mol. The summed E-state index contributed by atoms with van der Waals surface area (Å²) in [5, 5.41) is 16.5. The van der Waals surface area contributed by atoms with Crippen molar-refractivity contribution in [3.8, 4) is 5.75 Å². The molecule has 0 aliphatic heterocycles. The normalized spacial score (nSPS) is 10.4. The maximum atomic E-state index is 12.1. The number of amides is 2. The highest BCUT2D eigenvalue weighted by molar-refractivity contribution is 6.33. The Morgan fingerprint density at radius 1 is 1.22 bits per heavy atom. The number of hydrogen-bond donors (Lipinski definition) is 2. The lowest BCUT2D eigenvalue weighted by atomic mass is 10.1. The number of anilines is 1. The Labute approximate surface area is 160 Å². The Morgan fingerprint density at radius 2 is 1.93 bits per heavy atom. The number of carbonyl (C=O) groups is 2. The molecule has 2 aromatic carbocycles. The molecular weight excluding hydrogens is 374 g/mol. The minimum Gasteiger partial charge on any atom is -0.477 e. The fourth-order valence-electron chi connectivity index (χ4n) is 2.17. The van der Waals surface area contributed by atoms with Crippen molar-refractivity contribution in [3.05, 3.63) is 63.2 Å². The molecular formula is C18H18ClN3O5. The molecule has 0 heterocycles. The van der Waals surface area contributed by atoms with E-state index in [2.05, 4.69) is 10.6 Å². The van der Waals surface area contributed by atoms with Crippen LogP contribution in [0.4, 0.5) is 11.4 Å². The average Bonchev–Trinajstić information content (AvgIpc) is 2.61. The third-order valence-corrected chi connectivity index (χ3v) is 3.67. The minimum absolute atomic E-state index is 0.0196. The molecule has 2 rings (SSSR count). The van der Waals surface area contributed by atoms with Gasteiger partial charge < -0.3 is 15.4 Å². The van der Waals surface area contributed by atoms with E-state index in [0.29, 0.717) is 5.56 Å². The number of ether oxygens (including phenoxy) is 1. The largest absolute Gasteiger partial charge is 0.477 e. The fraction of sp³-hybridized carbons (Fsp3) is 0.222. The van der Waals surface area contributed by atoms with Gasteiger partial charge in [-0.15, -0.1) is 0 Å². The van der Waals surface area contributed by atoms with Crippen molar-refractivity contribution in [1.29, 1.82) is 0 Å². The molecule has 0 radical (unpaired) electrons. The first-order valence-electron chi connectivity index (χ1n) is 8.04. The summed E-state index contributed by atoms with van der Waals surface area (Å²) in [5.74, 6) is -0.890. The maximum absolute atomic E-state index is 12.1. The molecule has 0 spiro atoms. The number of halogens is 1. The summed E-state index contributed by atoms with van der Waals surface area (Å²) in [7, 11) is 0. The van der Waals surface area contributed by atoms with Crippen LogP contribution in [0.5, 0.6) is 5.75 Å². The number of nitrogens with zero attached hydrogens (tertiary/aromatic N) is 1. The van der Waals surface area contributed by atoms with Crippen molar-refractivity contribution in [3.63, 3.8) is 0 Å². The number of nitro benzene ring substituents is 1. The molecule has 0 fully saturated rings. The van der Waals surface area contributed by atoms with Crippen molar-refractivity contribution in [2.24, 2.45) is 0 Å². The second kappa shape index (κ2) is 9.00. The van der Waals surface area contributed by atoms with E-state index in [1.807, 2.05) is 13.8 Å². The van der Waals surface area contributed by atoms with Gasteiger partial charge in [0.15, 0.2) is 12.4 Å². The van der Waals surface area contributed by atoms with Gasteiger partial charge >= 0.3 is 5.69 Å². The summed E-state index contributed by atoms with van der Waals surface area (Å²) in [4.78, 5) is 34.5. The number of nitrogens with one attached hydrogen (secondary N) is 2. The van der Waals surface area contributed by atoms with Gasteiger partial charge in [0.05, 0.1) is 15.6 Å². The smallest absolute Gasteiger partial charge is 0.310 e. The molecule has 0 aliphatic carbocycles. The molecule has 27 heavy (non-hydrogen) atoms. The molecule has 0 saturated carbocycles. The van der Waals surface area contributed by atoms with Crippen molar-refractivity contribution in [2.75, 3.05) is 11.9 Å². The highest BCUT2D eigenvalue weighted by Crippen LogP contribution is 2.26. The minimum atomic E-state index is -0.596. The van der Waals surface area contributed by atoms with Crippen molar-refractivity contribution in [1.82, 2.24) is 5.32 Å². The first-order valence-corrected chi connectivity index (χ1v) is 8.42. The van der Waals surface area contributed by atoms with Crippen LogP contribution in [0.2, 0.25) is 5.02 Å². The highest BCUT2D eigenvalue weighted by Gasteiger charge is 2.16. The van der Waals surface area contributed by atoms with Gasteiger partial charge in [-0.3, -0.25) is 19.7 Å². The van der Waals surface area contributed by atoms with Crippen LogP contribution < -0.4 is 15.4 Å². The second-order valence-electron chi connectivity index (χ2n) is 5.88. The SMILES string of the molecule is CC(C)NC(=O)c1ccc(Cl)c(NC(=O)COc2ccccc2[N+](=O)[O-])c1. The zero-order chi connectivity index (χ0) is 20.0. The summed E-state index contributed by atoms with van der Waals surface area (Å²) in [6.45, 7) is 3.21. The van der Waals surface area contributed by atoms with E-state index < -0.39 is 17.4 Å². The van der Waals surface area contributed by atoms with E-state index in [-0.39, 0.29) is 34.1 Å². The molecule has 2 aromatic rings. The van der Waals surface area contributed by atoms with Crippen LogP contribution in [0, 0.1) is 10.1 Å². The summed E-state index contributed by atoms with van der Waals surface area (Å²) in [5.41, 5.74) is 0.336. The first-order chi connectivity index (χ1) is 12.8. The van der Waals surface area contributed by atoms with Crippen LogP contribution in [-0.2, 0) is 4.79 Å². The topological polar surface area (TPSA) is 111 Å². The fourth-order valence-corrected chi connectivity index (χ4v) is 2.33. The molecule has 142 valence electrons. The van der Waals surface area contributed by atoms with Crippen LogP contribution in [0.3, 0.4) is 0 Å². The predicted octanol–water partition coefficient (Wildman–Crippen LogP) is 3.40. The standard InChI is InChI=1S/C18H18ClN3O5/c1-11(2)20-18(24)12-7-8-13(19)14(9-12)21-17(23)10-27-16-6-4-3-5-15(16)22(25)26/h3-9,11H,10H2,1-2H3,(H,20,24)(H,21,23). The van der Waals surface area contributed by atoms with Crippen LogP contribution in [0.15, 0.2) is 42.5 Å². The molecule has 0 atom stereocenters. The van der Waals surface area contributed by atoms with Gasteiger partial charge in [-0.05, 0) is 38.1 Å². The molecule has 0 saturated heterocycles. The van der Waals surface area contributed by atoms with Crippen LogP contribution in [0.25, 0.3) is 0 Å². The number of carbonyl (C=O) groups excluding carboxylic acids is 2. The van der Waals surface area contributed by atoms with Gasteiger partial charge in [-0.2, -0.15) is 0 Å². The maximum Gasteiger partial charge on any atom is 0.310 e. The monoisotopic (exact) mass is 391 g/mol. The first kappa shape index (κ1) is 20.2. The quantitative estimate of drug-likeness (QED) is 0.555. The summed E-state index contributed by atoms with van der Waals surface area (Å²) < 4.78 is 5.23. The Hall–Kier alpha value is -3.13. The van der Waals surface area contributed by atoms with Gasteiger partial charge in [-0.1, -0.05) is 23.7 Å². The van der Waals surface area contributed by atoms with Gasteiger partial charge in [-0.25, -0.2) is 0 Å². The van der Waals surface area contributed by atoms with Crippen molar-refractivity contribution in [2.45, 2.75) is 19.9 Å². The Morgan fingerprint density at radius 3 is 2.59 bits per heavy atom. The van der Waals surface area contributed by atoms with E-state index >= 15 is 0 Å². The molecule has 0 aliphatic rings. The molecule has 0 aromatic heterocycles. The lowest BCUT2D eigenvalue weighted by molar-refractivity contribution is -0.385. The summed E-state index contributed by atoms with van der Waals surface area (Å²) in [6.07, 6.45) is 0. The molecule has 0 unspecified atom stereocenters. The van der Waals surface area contributed by atoms with Crippen LogP contribution in [-0.4, -0.2) is 29.4 Å². The lowest BCUT2D eigenvalue weighted by Gasteiger charge is -2.12. The number of nitro groups is 1.